The fourth-order valence-electron chi connectivity index (χ4n) is 3.07. The standard InChI is InChI=1S/C20H18N2O4/c1-22-12-16(14-4-2-3-5-15(14)20(22)24)19(23)21-11-13-6-7-17-18(10-13)26-9-8-25-17/h2-7,10,12H,8-9,11H2,1H3,(H,21,23). The predicted octanol–water partition coefficient (Wildman–Crippen LogP) is 2.24. The van der Waals surface area contributed by atoms with Crippen LogP contribution in [0.15, 0.2) is 53.5 Å². The number of amides is 1. The van der Waals surface area contributed by atoms with Crippen LogP contribution in [0.1, 0.15) is 15.9 Å². The Morgan fingerprint density at radius 1 is 1.08 bits per heavy atom. The first-order valence-electron chi connectivity index (χ1n) is 8.38. The highest BCUT2D eigenvalue weighted by molar-refractivity contribution is 6.06. The monoisotopic (exact) mass is 350 g/mol. The molecule has 2 aromatic carbocycles. The maximum atomic E-state index is 12.7. The van der Waals surface area contributed by atoms with Crippen molar-refractivity contribution in [3.63, 3.8) is 0 Å². The molecule has 0 radical (unpaired) electrons. The summed E-state index contributed by atoms with van der Waals surface area (Å²) in [6, 6.07) is 12.7. The van der Waals surface area contributed by atoms with E-state index in [-0.39, 0.29) is 11.5 Å². The zero-order valence-electron chi connectivity index (χ0n) is 14.3. The number of carbonyl (C=O) groups excluding carboxylic acids is 1. The van der Waals surface area contributed by atoms with Gasteiger partial charge in [0.1, 0.15) is 13.2 Å². The molecule has 0 bridgehead atoms. The number of benzene rings is 2. The van der Waals surface area contributed by atoms with Gasteiger partial charge in [0, 0.05) is 30.6 Å². The van der Waals surface area contributed by atoms with Crippen molar-refractivity contribution in [1.29, 1.82) is 0 Å². The minimum Gasteiger partial charge on any atom is -0.486 e. The normalized spacial score (nSPS) is 12.8. The van der Waals surface area contributed by atoms with E-state index >= 15 is 0 Å². The third kappa shape index (κ3) is 2.90. The summed E-state index contributed by atoms with van der Waals surface area (Å²) in [5, 5.41) is 4.09. The van der Waals surface area contributed by atoms with Crippen LogP contribution >= 0.6 is 0 Å². The number of aryl methyl sites for hydroxylation is 1. The second-order valence-corrected chi connectivity index (χ2v) is 6.17. The van der Waals surface area contributed by atoms with Crippen molar-refractivity contribution >= 4 is 16.7 Å². The first-order valence-corrected chi connectivity index (χ1v) is 8.38. The third-order valence-electron chi connectivity index (χ3n) is 4.40. The molecule has 4 rings (SSSR count). The Balaban J connectivity index is 1.59. The molecule has 1 aliphatic rings. The van der Waals surface area contributed by atoms with Crippen molar-refractivity contribution in [2.24, 2.45) is 7.05 Å². The zero-order chi connectivity index (χ0) is 18.1. The van der Waals surface area contributed by atoms with Crippen molar-refractivity contribution in [3.8, 4) is 11.5 Å². The zero-order valence-corrected chi connectivity index (χ0v) is 14.3. The summed E-state index contributed by atoms with van der Waals surface area (Å²) in [6.45, 7) is 1.42. The SMILES string of the molecule is Cn1cc(C(=O)NCc2ccc3c(c2)OCCO3)c2ccccc2c1=O. The number of hydrogen-bond acceptors (Lipinski definition) is 4. The molecule has 6 heteroatoms. The number of fused-ring (bicyclic) bond motifs is 2. The highest BCUT2D eigenvalue weighted by Crippen LogP contribution is 2.30. The summed E-state index contributed by atoms with van der Waals surface area (Å²) >= 11 is 0. The summed E-state index contributed by atoms with van der Waals surface area (Å²) in [4.78, 5) is 24.9. The van der Waals surface area contributed by atoms with E-state index in [1.807, 2.05) is 24.3 Å². The van der Waals surface area contributed by atoms with E-state index in [1.54, 1.807) is 31.4 Å². The maximum Gasteiger partial charge on any atom is 0.258 e. The van der Waals surface area contributed by atoms with Crippen LogP contribution in [0.3, 0.4) is 0 Å². The number of pyridine rings is 1. The van der Waals surface area contributed by atoms with Crippen LogP contribution in [0, 0.1) is 0 Å². The van der Waals surface area contributed by atoms with Crippen molar-refractivity contribution in [1.82, 2.24) is 9.88 Å². The highest BCUT2D eigenvalue weighted by atomic mass is 16.6. The summed E-state index contributed by atoms with van der Waals surface area (Å²) in [5.41, 5.74) is 1.26. The molecule has 0 spiro atoms. The quantitative estimate of drug-likeness (QED) is 0.787. The van der Waals surface area contributed by atoms with Crippen molar-refractivity contribution in [2.75, 3.05) is 13.2 Å². The van der Waals surface area contributed by atoms with Gasteiger partial charge in [0.2, 0.25) is 0 Å². The van der Waals surface area contributed by atoms with Gasteiger partial charge in [-0.05, 0) is 23.8 Å². The minimum atomic E-state index is -0.230. The fourth-order valence-corrected chi connectivity index (χ4v) is 3.07. The molecular formula is C20H18N2O4. The summed E-state index contributed by atoms with van der Waals surface area (Å²) in [5.74, 6) is 1.18. The smallest absolute Gasteiger partial charge is 0.258 e. The molecule has 0 saturated heterocycles. The molecule has 1 aromatic heterocycles. The number of nitrogens with one attached hydrogen (secondary N) is 1. The second kappa shape index (κ2) is 6.55. The fraction of sp³-hybridized carbons (Fsp3) is 0.200. The van der Waals surface area contributed by atoms with Crippen LogP contribution in [0.25, 0.3) is 10.8 Å². The van der Waals surface area contributed by atoms with E-state index in [0.717, 1.165) is 11.3 Å². The Labute approximate surface area is 150 Å². The Bertz CT molecular complexity index is 1060. The lowest BCUT2D eigenvalue weighted by Gasteiger charge is -2.19. The topological polar surface area (TPSA) is 69.6 Å². The number of nitrogens with zero attached hydrogens (tertiary/aromatic N) is 1. The van der Waals surface area contributed by atoms with E-state index in [0.29, 0.717) is 41.8 Å². The summed E-state index contributed by atoms with van der Waals surface area (Å²) in [7, 11) is 1.65. The number of hydrogen-bond donors (Lipinski definition) is 1. The van der Waals surface area contributed by atoms with E-state index in [4.69, 9.17) is 9.47 Å². The molecule has 0 fully saturated rings. The highest BCUT2D eigenvalue weighted by Gasteiger charge is 2.15. The van der Waals surface area contributed by atoms with Gasteiger partial charge in [-0.1, -0.05) is 24.3 Å². The number of aromatic nitrogens is 1. The van der Waals surface area contributed by atoms with Crippen LogP contribution in [0.5, 0.6) is 11.5 Å². The Morgan fingerprint density at radius 2 is 1.81 bits per heavy atom. The molecule has 1 N–H and O–H groups in total. The molecule has 6 nitrogen and oxygen atoms in total. The minimum absolute atomic E-state index is 0.121. The van der Waals surface area contributed by atoms with Gasteiger partial charge in [-0.15, -0.1) is 0 Å². The maximum absolute atomic E-state index is 12.7. The van der Waals surface area contributed by atoms with Gasteiger partial charge < -0.3 is 19.4 Å². The van der Waals surface area contributed by atoms with Gasteiger partial charge in [0.25, 0.3) is 11.5 Å². The van der Waals surface area contributed by atoms with Crippen LogP contribution in [-0.4, -0.2) is 23.7 Å². The average molecular weight is 350 g/mol. The van der Waals surface area contributed by atoms with Crippen molar-refractivity contribution in [3.05, 3.63) is 70.1 Å². The van der Waals surface area contributed by atoms with Crippen LogP contribution < -0.4 is 20.3 Å². The van der Waals surface area contributed by atoms with Crippen LogP contribution in [0.4, 0.5) is 0 Å². The molecule has 1 aliphatic heterocycles. The Hall–Kier alpha value is -3.28. The van der Waals surface area contributed by atoms with Crippen molar-refractivity contribution in [2.45, 2.75) is 6.54 Å². The number of rotatable bonds is 3. The van der Waals surface area contributed by atoms with Crippen LogP contribution in [0.2, 0.25) is 0 Å². The lowest BCUT2D eigenvalue weighted by atomic mass is 10.1. The molecule has 0 unspecified atom stereocenters. The second-order valence-electron chi connectivity index (χ2n) is 6.17. The number of carbonyl (C=O) groups is 1. The van der Waals surface area contributed by atoms with Gasteiger partial charge in [-0.3, -0.25) is 9.59 Å². The molecule has 132 valence electrons. The molecule has 0 atom stereocenters. The van der Waals surface area contributed by atoms with E-state index < -0.39 is 0 Å². The summed E-state index contributed by atoms with van der Waals surface area (Å²) < 4.78 is 12.5. The first kappa shape index (κ1) is 16.2. The summed E-state index contributed by atoms with van der Waals surface area (Å²) in [6.07, 6.45) is 1.57. The molecular weight excluding hydrogens is 332 g/mol. The van der Waals surface area contributed by atoms with Crippen LogP contribution in [-0.2, 0) is 13.6 Å². The molecule has 0 saturated carbocycles. The van der Waals surface area contributed by atoms with Gasteiger partial charge in [-0.25, -0.2) is 0 Å². The largest absolute Gasteiger partial charge is 0.486 e. The van der Waals surface area contributed by atoms with Gasteiger partial charge >= 0.3 is 0 Å². The molecule has 1 amide bonds. The molecule has 26 heavy (non-hydrogen) atoms. The first-order chi connectivity index (χ1) is 12.6. The molecule has 3 aromatic rings. The van der Waals surface area contributed by atoms with Crippen molar-refractivity contribution < 1.29 is 14.3 Å². The number of ether oxygens (including phenoxy) is 2. The average Bonchev–Trinajstić information content (AvgIpc) is 2.68. The molecule has 0 aliphatic carbocycles. The third-order valence-corrected chi connectivity index (χ3v) is 4.40. The van der Waals surface area contributed by atoms with Gasteiger partial charge in [0.05, 0.1) is 5.56 Å². The van der Waals surface area contributed by atoms with E-state index in [9.17, 15) is 9.59 Å². The van der Waals surface area contributed by atoms with E-state index in [1.165, 1.54) is 4.57 Å². The lowest BCUT2D eigenvalue weighted by molar-refractivity contribution is 0.0951. The Morgan fingerprint density at radius 3 is 2.62 bits per heavy atom. The predicted molar refractivity (Wildman–Crippen MR) is 97.8 cm³/mol. The van der Waals surface area contributed by atoms with Gasteiger partial charge in [-0.2, -0.15) is 0 Å². The van der Waals surface area contributed by atoms with Gasteiger partial charge in [0.15, 0.2) is 11.5 Å². The Kier molecular flexibility index (Phi) is 4.08. The molecule has 2 heterocycles. The lowest BCUT2D eigenvalue weighted by Crippen LogP contribution is -2.26. The van der Waals surface area contributed by atoms with E-state index in [2.05, 4.69) is 5.32 Å².